The van der Waals surface area contributed by atoms with Crippen molar-refractivity contribution < 1.29 is 14.3 Å². The van der Waals surface area contributed by atoms with Crippen molar-refractivity contribution in [3.05, 3.63) is 28.2 Å². The summed E-state index contributed by atoms with van der Waals surface area (Å²) in [6, 6.07) is 5.05. The maximum Gasteiger partial charge on any atom is 0.371 e. The Morgan fingerprint density at radius 1 is 1.53 bits per heavy atom. The summed E-state index contributed by atoms with van der Waals surface area (Å²) < 4.78 is 4.18. The molecule has 1 aromatic carbocycles. The van der Waals surface area contributed by atoms with Gasteiger partial charge in [-0.1, -0.05) is 23.2 Å². The van der Waals surface area contributed by atoms with Crippen molar-refractivity contribution in [3.8, 4) is 0 Å². The monoisotopic (exact) mass is 278 g/mol. The van der Waals surface area contributed by atoms with Crippen molar-refractivity contribution in [1.82, 2.24) is 0 Å². The van der Waals surface area contributed by atoms with Gasteiger partial charge in [0.25, 0.3) is 0 Å². The summed E-state index contributed by atoms with van der Waals surface area (Å²) in [5, 5.41) is 1.12. The minimum atomic E-state index is -0.803. The van der Waals surface area contributed by atoms with Crippen molar-refractivity contribution in [2.75, 3.05) is 12.0 Å². The highest BCUT2D eigenvalue weighted by Gasteiger charge is 1.96. The molecule has 0 radical (unpaired) electrons. The Kier molecular flexibility index (Phi) is 8.13. The average Bonchev–Trinajstić information content (AvgIpc) is 2.30. The fourth-order valence-corrected chi connectivity index (χ4v) is 1.25. The number of halogens is 2. The lowest BCUT2D eigenvalue weighted by Crippen LogP contribution is -2.06. The predicted octanol–water partition coefficient (Wildman–Crippen LogP) is 2.03. The van der Waals surface area contributed by atoms with Gasteiger partial charge in [0.05, 0.1) is 17.3 Å². The molecule has 0 aliphatic carbocycles. The highest BCUT2D eigenvalue weighted by molar-refractivity contribution is 6.36. The standard InChI is InChI=1S/C6H6Cl2N2.C4H6O3/c7-4-1-2-6(10-9)5(8)3-4;1-2-7-4(6)3-5/h1-3,10H,9H2;3H,2H2,1H3. The molecule has 0 unspecified atom stereocenters. The number of hydrazine groups is 1. The van der Waals surface area contributed by atoms with Crippen molar-refractivity contribution >= 4 is 41.1 Å². The Labute approximate surface area is 109 Å². The van der Waals surface area contributed by atoms with Gasteiger partial charge >= 0.3 is 5.97 Å². The van der Waals surface area contributed by atoms with Crippen LogP contribution in [0.3, 0.4) is 0 Å². The van der Waals surface area contributed by atoms with Gasteiger partial charge in [-0.15, -0.1) is 0 Å². The Bertz CT molecular complexity index is 386. The molecule has 0 saturated heterocycles. The van der Waals surface area contributed by atoms with Crippen LogP contribution in [0.4, 0.5) is 5.69 Å². The van der Waals surface area contributed by atoms with Crippen molar-refractivity contribution in [2.24, 2.45) is 5.84 Å². The number of anilines is 1. The number of rotatable bonds is 3. The molecular formula is C10H12Cl2N2O3. The number of hydrogen-bond donors (Lipinski definition) is 2. The average molecular weight is 279 g/mol. The third-order valence-corrected chi connectivity index (χ3v) is 2.02. The van der Waals surface area contributed by atoms with Gasteiger partial charge < -0.3 is 10.2 Å². The number of esters is 1. The molecule has 0 aliphatic heterocycles. The van der Waals surface area contributed by atoms with Crippen molar-refractivity contribution in [1.29, 1.82) is 0 Å². The number of hydrogen-bond acceptors (Lipinski definition) is 5. The normalized spacial score (nSPS) is 8.71. The van der Waals surface area contributed by atoms with Crippen molar-refractivity contribution in [3.63, 3.8) is 0 Å². The molecule has 0 spiro atoms. The van der Waals surface area contributed by atoms with Gasteiger partial charge in [0.1, 0.15) is 0 Å². The Hall–Kier alpha value is -1.30. The van der Waals surface area contributed by atoms with E-state index in [1.165, 1.54) is 0 Å². The molecule has 0 aromatic heterocycles. The summed E-state index contributed by atoms with van der Waals surface area (Å²) in [7, 11) is 0. The molecular weight excluding hydrogens is 267 g/mol. The lowest BCUT2D eigenvalue weighted by Gasteiger charge is -2.01. The van der Waals surface area contributed by atoms with E-state index in [0.29, 0.717) is 15.7 Å². The van der Waals surface area contributed by atoms with Crippen LogP contribution in [0.15, 0.2) is 18.2 Å². The van der Waals surface area contributed by atoms with Gasteiger partial charge in [-0.05, 0) is 25.1 Å². The van der Waals surface area contributed by atoms with Crippen molar-refractivity contribution in [2.45, 2.75) is 6.92 Å². The molecule has 5 nitrogen and oxygen atoms in total. The van der Waals surface area contributed by atoms with Gasteiger partial charge in [0.15, 0.2) is 0 Å². The summed E-state index contributed by atoms with van der Waals surface area (Å²) in [4.78, 5) is 19.2. The van der Waals surface area contributed by atoms with E-state index in [9.17, 15) is 9.59 Å². The quantitative estimate of drug-likeness (QED) is 0.291. The number of nitrogens with one attached hydrogen (secondary N) is 1. The maximum atomic E-state index is 9.82. The molecule has 0 bridgehead atoms. The number of nitrogen functional groups attached to an aromatic ring is 1. The topological polar surface area (TPSA) is 81.4 Å². The Morgan fingerprint density at radius 2 is 2.18 bits per heavy atom. The van der Waals surface area contributed by atoms with Crippen LogP contribution in [0.25, 0.3) is 0 Å². The van der Waals surface area contributed by atoms with E-state index in [1.54, 1.807) is 25.1 Å². The lowest BCUT2D eigenvalue weighted by atomic mass is 10.3. The van der Waals surface area contributed by atoms with E-state index in [2.05, 4.69) is 10.2 Å². The van der Waals surface area contributed by atoms with Crippen LogP contribution in [0.5, 0.6) is 0 Å². The smallest absolute Gasteiger partial charge is 0.371 e. The maximum absolute atomic E-state index is 9.82. The third-order valence-electron chi connectivity index (χ3n) is 1.47. The van der Waals surface area contributed by atoms with Gasteiger partial charge in [0, 0.05) is 5.02 Å². The van der Waals surface area contributed by atoms with Crippen LogP contribution < -0.4 is 11.3 Å². The molecule has 0 saturated carbocycles. The van der Waals surface area contributed by atoms with E-state index >= 15 is 0 Å². The zero-order valence-electron chi connectivity index (χ0n) is 9.07. The summed E-state index contributed by atoms with van der Waals surface area (Å²) in [5.41, 5.74) is 3.10. The largest absolute Gasteiger partial charge is 0.460 e. The molecule has 0 heterocycles. The number of carbonyl (C=O) groups excluding carboxylic acids is 2. The minimum absolute atomic E-state index is 0.142. The molecule has 1 aromatic rings. The molecule has 94 valence electrons. The first kappa shape index (κ1) is 15.7. The fraction of sp³-hybridized carbons (Fsp3) is 0.200. The second kappa shape index (κ2) is 8.81. The number of benzene rings is 1. The number of ether oxygens (including phenoxy) is 1. The van der Waals surface area contributed by atoms with Crippen LogP contribution in [-0.2, 0) is 14.3 Å². The summed E-state index contributed by atoms with van der Waals surface area (Å²) >= 11 is 11.3. The highest BCUT2D eigenvalue weighted by atomic mass is 35.5. The van der Waals surface area contributed by atoms with Gasteiger partial charge in [-0.3, -0.25) is 10.6 Å². The van der Waals surface area contributed by atoms with E-state index in [4.69, 9.17) is 29.0 Å². The number of nitrogens with two attached hydrogens (primary N) is 1. The predicted molar refractivity (Wildman–Crippen MR) is 67.0 cm³/mol. The van der Waals surface area contributed by atoms with Crippen LogP contribution in [-0.4, -0.2) is 18.9 Å². The van der Waals surface area contributed by atoms with Crippen LogP contribution in [0, 0.1) is 0 Å². The third kappa shape index (κ3) is 6.78. The number of aldehydes is 1. The second-order valence-corrected chi connectivity index (χ2v) is 3.48. The molecule has 0 aliphatic rings. The summed E-state index contributed by atoms with van der Waals surface area (Å²) in [5.74, 6) is 4.32. The summed E-state index contributed by atoms with van der Waals surface area (Å²) in [6.45, 7) is 1.90. The molecule has 17 heavy (non-hydrogen) atoms. The fourth-order valence-electron chi connectivity index (χ4n) is 0.783. The van der Waals surface area contributed by atoms with Crippen LogP contribution >= 0.6 is 23.2 Å². The molecule has 7 heteroatoms. The molecule has 0 fully saturated rings. The van der Waals surface area contributed by atoms with E-state index in [1.807, 2.05) is 0 Å². The minimum Gasteiger partial charge on any atom is -0.460 e. The SMILES string of the molecule is CCOC(=O)C=O.NNc1ccc(Cl)cc1Cl. The highest BCUT2D eigenvalue weighted by Crippen LogP contribution is 2.23. The van der Waals surface area contributed by atoms with Crippen LogP contribution in [0.1, 0.15) is 6.92 Å². The van der Waals surface area contributed by atoms with E-state index < -0.39 is 5.97 Å². The zero-order chi connectivity index (χ0) is 13.3. The van der Waals surface area contributed by atoms with Gasteiger partial charge in [-0.2, -0.15) is 0 Å². The molecule has 0 amide bonds. The Morgan fingerprint density at radius 3 is 2.53 bits per heavy atom. The second-order valence-electron chi connectivity index (χ2n) is 2.64. The van der Waals surface area contributed by atoms with Gasteiger partial charge in [-0.25, -0.2) is 4.79 Å². The molecule has 3 N–H and O–H groups in total. The molecule has 1 rings (SSSR count). The first-order chi connectivity index (χ1) is 8.04. The zero-order valence-corrected chi connectivity index (χ0v) is 10.6. The van der Waals surface area contributed by atoms with Crippen LogP contribution in [0.2, 0.25) is 10.0 Å². The van der Waals surface area contributed by atoms with Gasteiger partial charge in [0.2, 0.25) is 6.29 Å². The first-order valence-electron chi connectivity index (χ1n) is 4.58. The summed E-state index contributed by atoms with van der Waals surface area (Å²) in [6.07, 6.45) is 0.142. The lowest BCUT2D eigenvalue weighted by molar-refractivity contribution is -0.148. The first-order valence-corrected chi connectivity index (χ1v) is 5.34. The van der Waals surface area contributed by atoms with E-state index in [-0.39, 0.29) is 12.9 Å². The molecule has 0 atom stereocenters. The number of carbonyl (C=O) groups is 2. The van der Waals surface area contributed by atoms with E-state index in [0.717, 1.165) is 0 Å². The Balaban J connectivity index is 0.000000325.